The topological polar surface area (TPSA) is 0 Å². The van der Waals surface area contributed by atoms with Gasteiger partial charge in [-0.3, -0.25) is 0 Å². The van der Waals surface area contributed by atoms with Gasteiger partial charge in [-0.15, -0.1) is 0 Å². The Morgan fingerprint density at radius 3 is 2.92 bits per heavy atom. The van der Waals surface area contributed by atoms with Crippen molar-refractivity contribution in [2.75, 3.05) is 0 Å². The zero-order valence-corrected chi connectivity index (χ0v) is 7.47. The van der Waals surface area contributed by atoms with Crippen LogP contribution in [0.5, 0.6) is 0 Å². The van der Waals surface area contributed by atoms with E-state index >= 15 is 0 Å². The minimum absolute atomic E-state index is 0.839. The van der Waals surface area contributed by atoms with Gasteiger partial charge in [-0.25, -0.2) is 0 Å². The van der Waals surface area contributed by atoms with Crippen LogP contribution in [0.2, 0.25) is 0 Å². The van der Waals surface area contributed by atoms with Gasteiger partial charge in [0.1, 0.15) is 0 Å². The zero-order valence-electron chi connectivity index (χ0n) is 7.47. The molecule has 12 heavy (non-hydrogen) atoms. The van der Waals surface area contributed by atoms with Crippen molar-refractivity contribution in [1.29, 1.82) is 0 Å². The van der Waals surface area contributed by atoms with Gasteiger partial charge in [0.15, 0.2) is 0 Å². The highest BCUT2D eigenvalue weighted by atomic mass is 14.4. The Bertz CT molecular complexity index is 257. The molecule has 0 aromatic carbocycles. The lowest BCUT2D eigenvalue weighted by Crippen LogP contribution is -1.99. The van der Waals surface area contributed by atoms with E-state index in [9.17, 15) is 0 Å². The van der Waals surface area contributed by atoms with E-state index in [1.807, 2.05) is 0 Å². The van der Waals surface area contributed by atoms with E-state index in [4.69, 9.17) is 0 Å². The zero-order chi connectivity index (χ0) is 7.97. The molecule has 0 N–H and O–H groups in total. The average molecular weight is 159 g/mol. The summed E-state index contributed by atoms with van der Waals surface area (Å²) in [5, 5.41) is 0. The summed E-state index contributed by atoms with van der Waals surface area (Å²) >= 11 is 0. The number of hydrogen-bond donors (Lipinski definition) is 0. The number of fused-ring (bicyclic) bond motifs is 2. The van der Waals surface area contributed by atoms with Gasteiger partial charge < -0.3 is 0 Å². The maximum atomic E-state index is 3.68. The summed E-state index contributed by atoms with van der Waals surface area (Å²) in [5.74, 6) is 1.76. The first-order valence-electron chi connectivity index (χ1n) is 5.26. The number of hydrogen-bond acceptors (Lipinski definition) is 0. The van der Waals surface area contributed by atoms with Gasteiger partial charge >= 0.3 is 0 Å². The minimum Gasteiger partial charge on any atom is -0.0810 e. The van der Waals surface area contributed by atoms with Gasteiger partial charge in [0.25, 0.3) is 0 Å². The average Bonchev–Trinajstić information content (AvgIpc) is 2.81. The predicted octanol–water partition coefficient (Wildman–Crippen LogP) is 3.26. The molecule has 0 saturated heterocycles. The van der Waals surface area contributed by atoms with E-state index in [0.717, 1.165) is 11.8 Å². The molecule has 0 spiro atoms. The molecule has 2 bridgehead atoms. The van der Waals surface area contributed by atoms with Crippen molar-refractivity contribution in [3.05, 3.63) is 23.3 Å². The minimum atomic E-state index is 0.839. The molecule has 3 aliphatic carbocycles. The fourth-order valence-corrected chi connectivity index (χ4v) is 2.98. The predicted molar refractivity (Wildman–Crippen MR) is 49.5 cm³/mol. The Morgan fingerprint density at radius 1 is 1.33 bits per heavy atom. The molecular weight excluding hydrogens is 144 g/mol. The van der Waals surface area contributed by atoms with E-state index in [0.29, 0.717) is 0 Å². The Balaban J connectivity index is 1.89. The SMILES string of the molecule is [C]1=C(C2=CCCC2)C2CCC1C2. The van der Waals surface area contributed by atoms with Crippen LogP contribution in [0.3, 0.4) is 0 Å². The van der Waals surface area contributed by atoms with Gasteiger partial charge in [-0.1, -0.05) is 6.08 Å². The normalized spacial score (nSPS) is 38.7. The molecule has 3 rings (SSSR count). The second-order valence-electron chi connectivity index (χ2n) is 4.39. The fourth-order valence-electron chi connectivity index (χ4n) is 2.98. The second-order valence-corrected chi connectivity index (χ2v) is 4.39. The van der Waals surface area contributed by atoms with Crippen molar-refractivity contribution < 1.29 is 0 Å². The van der Waals surface area contributed by atoms with Crippen LogP contribution < -0.4 is 0 Å². The third-order valence-corrected chi connectivity index (χ3v) is 3.59. The van der Waals surface area contributed by atoms with E-state index in [1.165, 1.54) is 38.5 Å². The molecule has 0 nitrogen and oxygen atoms in total. The lowest BCUT2D eigenvalue weighted by atomic mass is 9.92. The highest BCUT2D eigenvalue weighted by Gasteiger charge is 2.34. The first-order chi connectivity index (χ1) is 5.93. The van der Waals surface area contributed by atoms with Crippen LogP contribution in [-0.2, 0) is 0 Å². The van der Waals surface area contributed by atoms with Gasteiger partial charge in [-0.05, 0) is 67.6 Å². The van der Waals surface area contributed by atoms with Gasteiger partial charge in [0.05, 0.1) is 0 Å². The lowest BCUT2D eigenvalue weighted by molar-refractivity contribution is 0.657. The van der Waals surface area contributed by atoms with Crippen LogP contribution in [0.1, 0.15) is 38.5 Å². The summed E-state index contributed by atoms with van der Waals surface area (Å²) in [6.45, 7) is 0. The summed E-state index contributed by atoms with van der Waals surface area (Å²) in [4.78, 5) is 0. The smallest absolute Gasteiger partial charge is 0.0150 e. The molecule has 0 heterocycles. The molecule has 0 aliphatic heterocycles. The van der Waals surface area contributed by atoms with Crippen LogP contribution >= 0.6 is 0 Å². The van der Waals surface area contributed by atoms with Crippen molar-refractivity contribution in [1.82, 2.24) is 0 Å². The van der Waals surface area contributed by atoms with Crippen LogP contribution in [0.4, 0.5) is 0 Å². The maximum Gasteiger partial charge on any atom is -0.0150 e. The van der Waals surface area contributed by atoms with Crippen molar-refractivity contribution in [3.63, 3.8) is 0 Å². The highest BCUT2D eigenvalue weighted by Crippen LogP contribution is 2.47. The van der Waals surface area contributed by atoms with E-state index in [-0.39, 0.29) is 0 Å². The highest BCUT2D eigenvalue weighted by molar-refractivity contribution is 5.37. The quantitative estimate of drug-likeness (QED) is 0.551. The molecule has 1 fully saturated rings. The Labute approximate surface area is 74.4 Å². The van der Waals surface area contributed by atoms with Gasteiger partial charge in [-0.2, -0.15) is 0 Å². The third-order valence-electron chi connectivity index (χ3n) is 3.59. The van der Waals surface area contributed by atoms with Gasteiger partial charge in [0.2, 0.25) is 0 Å². The van der Waals surface area contributed by atoms with E-state index < -0.39 is 0 Å². The first-order valence-corrected chi connectivity index (χ1v) is 5.26. The van der Waals surface area contributed by atoms with E-state index in [1.54, 1.807) is 11.1 Å². The summed E-state index contributed by atoms with van der Waals surface area (Å²) in [6, 6.07) is 0. The van der Waals surface area contributed by atoms with Crippen molar-refractivity contribution in [2.45, 2.75) is 38.5 Å². The monoisotopic (exact) mass is 159 g/mol. The molecule has 3 aliphatic rings. The molecule has 1 saturated carbocycles. The third kappa shape index (κ3) is 0.903. The molecule has 2 atom stereocenters. The Kier molecular flexibility index (Phi) is 1.44. The molecular formula is C12H15. The first kappa shape index (κ1) is 6.94. The fraction of sp³-hybridized carbons (Fsp3) is 0.667. The summed E-state index contributed by atoms with van der Waals surface area (Å²) in [7, 11) is 0. The largest absolute Gasteiger partial charge is 0.0810 e. The molecule has 63 valence electrons. The molecule has 2 unspecified atom stereocenters. The molecule has 0 aromatic rings. The summed E-state index contributed by atoms with van der Waals surface area (Å²) in [6.07, 6.45) is 14.5. The Morgan fingerprint density at radius 2 is 2.33 bits per heavy atom. The number of allylic oxidation sites excluding steroid dienone is 4. The van der Waals surface area contributed by atoms with E-state index in [2.05, 4.69) is 12.2 Å². The van der Waals surface area contributed by atoms with Gasteiger partial charge in [0, 0.05) is 0 Å². The maximum absolute atomic E-state index is 3.68. The van der Waals surface area contributed by atoms with Crippen LogP contribution in [0, 0.1) is 17.9 Å². The number of rotatable bonds is 1. The van der Waals surface area contributed by atoms with Crippen LogP contribution in [0.15, 0.2) is 17.2 Å². The summed E-state index contributed by atoms with van der Waals surface area (Å²) in [5.41, 5.74) is 3.28. The lowest BCUT2D eigenvalue weighted by Gasteiger charge is -2.13. The second kappa shape index (κ2) is 2.48. The molecule has 1 radical (unpaired) electrons. The van der Waals surface area contributed by atoms with Crippen molar-refractivity contribution >= 4 is 0 Å². The molecule has 0 aromatic heterocycles. The van der Waals surface area contributed by atoms with Crippen LogP contribution in [-0.4, -0.2) is 0 Å². The Hall–Kier alpha value is -0.520. The summed E-state index contributed by atoms with van der Waals surface area (Å²) < 4.78 is 0. The van der Waals surface area contributed by atoms with Crippen LogP contribution in [0.25, 0.3) is 0 Å². The molecule has 0 heteroatoms. The van der Waals surface area contributed by atoms with Crippen molar-refractivity contribution in [2.24, 2.45) is 11.8 Å². The van der Waals surface area contributed by atoms with Crippen molar-refractivity contribution in [3.8, 4) is 0 Å². The molecule has 0 amide bonds. The standard InChI is InChI=1S/C12H15/c1-2-4-10(3-1)12-8-9-5-6-11(12)7-9/h3,9,11H,1-2,4-7H2.